The summed E-state index contributed by atoms with van der Waals surface area (Å²) in [5.41, 5.74) is 5.10. The van der Waals surface area contributed by atoms with Gasteiger partial charge in [-0.25, -0.2) is 4.68 Å². The Kier molecular flexibility index (Phi) is 1.90. The fraction of sp³-hybridized carbons (Fsp3) is 0.625. The number of primary amides is 1. The predicted octanol–water partition coefficient (Wildman–Crippen LogP) is 0.142. The van der Waals surface area contributed by atoms with E-state index in [2.05, 4.69) is 22.3 Å². The largest absolute Gasteiger partial charge is 0.363 e. The monoisotopic (exact) mass is 195 g/mol. The number of aromatic nitrogens is 3. The van der Waals surface area contributed by atoms with Crippen molar-refractivity contribution in [1.29, 1.82) is 0 Å². The van der Waals surface area contributed by atoms with E-state index in [9.17, 15) is 4.79 Å². The molecule has 0 aliphatic carbocycles. The van der Waals surface area contributed by atoms with Crippen molar-refractivity contribution >= 4 is 11.9 Å². The summed E-state index contributed by atoms with van der Waals surface area (Å²) in [6.07, 6.45) is 0.967. The number of hydrogen-bond acceptors (Lipinski definition) is 4. The van der Waals surface area contributed by atoms with Crippen LogP contribution in [0, 0.1) is 0 Å². The molecule has 1 aromatic heterocycles. The smallest absolute Gasteiger partial charge is 0.288 e. The molecule has 2 heterocycles. The summed E-state index contributed by atoms with van der Waals surface area (Å²) in [6.45, 7) is 4.11. The van der Waals surface area contributed by atoms with Gasteiger partial charge in [-0.05, 0) is 20.3 Å². The molecule has 0 aromatic carbocycles. The molecule has 0 saturated heterocycles. The summed E-state index contributed by atoms with van der Waals surface area (Å²) in [5, 5.41) is 7.18. The van der Waals surface area contributed by atoms with Gasteiger partial charge in [-0.2, -0.15) is 4.98 Å². The van der Waals surface area contributed by atoms with Crippen molar-refractivity contribution in [2.45, 2.75) is 32.4 Å². The zero-order valence-electron chi connectivity index (χ0n) is 8.19. The highest BCUT2D eigenvalue weighted by atomic mass is 16.1. The van der Waals surface area contributed by atoms with Gasteiger partial charge in [-0.3, -0.25) is 4.79 Å². The third kappa shape index (κ3) is 1.32. The highest BCUT2D eigenvalue weighted by Gasteiger charge is 2.24. The van der Waals surface area contributed by atoms with Gasteiger partial charge in [0.15, 0.2) is 0 Å². The molecule has 0 saturated carbocycles. The first kappa shape index (κ1) is 8.98. The minimum absolute atomic E-state index is 0.0773. The normalized spacial score (nSPS) is 25.3. The minimum atomic E-state index is -0.589. The van der Waals surface area contributed by atoms with Crippen molar-refractivity contribution in [3.63, 3.8) is 0 Å². The van der Waals surface area contributed by atoms with Crippen LogP contribution in [-0.4, -0.2) is 26.7 Å². The number of hydrogen-bond donors (Lipinski definition) is 2. The molecule has 2 atom stereocenters. The fourth-order valence-electron chi connectivity index (χ4n) is 1.72. The molecule has 0 radical (unpaired) electrons. The van der Waals surface area contributed by atoms with Crippen LogP contribution < -0.4 is 11.1 Å². The van der Waals surface area contributed by atoms with Crippen LogP contribution in [0.15, 0.2) is 0 Å². The first-order valence-electron chi connectivity index (χ1n) is 4.61. The zero-order valence-corrected chi connectivity index (χ0v) is 8.19. The lowest BCUT2D eigenvalue weighted by Gasteiger charge is -2.26. The van der Waals surface area contributed by atoms with Crippen LogP contribution in [0.1, 0.15) is 36.9 Å². The predicted molar refractivity (Wildman–Crippen MR) is 51.0 cm³/mol. The number of carbonyl (C=O) groups excluding carboxylic acids is 1. The number of carbonyl (C=O) groups is 1. The number of rotatable bonds is 1. The maximum absolute atomic E-state index is 10.9. The van der Waals surface area contributed by atoms with Crippen LogP contribution in [0.4, 0.5) is 5.95 Å². The molecule has 2 unspecified atom stereocenters. The molecule has 76 valence electrons. The highest BCUT2D eigenvalue weighted by Crippen LogP contribution is 2.24. The van der Waals surface area contributed by atoms with E-state index in [1.165, 1.54) is 0 Å². The lowest BCUT2D eigenvalue weighted by Crippen LogP contribution is -2.29. The van der Waals surface area contributed by atoms with Gasteiger partial charge in [-0.1, -0.05) is 0 Å². The van der Waals surface area contributed by atoms with Crippen molar-refractivity contribution in [3.8, 4) is 0 Å². The summed E-state index contributed by atoms with van der Waals surface area (Å²) >= 11 is 0. The lowest BCUT2D eigenvalue weighted by molar-refractivity contribution is 0.0990. The molecule has 3 N–H and O–H groups in total. The Morgan fingerprint density at radius 1 is 1.64 bits per heavy atom. The van der Waals surface area contributed by atoms with Gasteiger partial charge in [0.25, 0.3) is 5.91 Å². The van der Waals surface area contributed by atoms with Gasteiger partial charge < -0.3 is 11.1 Å². The summed E-state index contributed by atoms with van der Waals surface area (Å²) in [5.74, 6) is 0.118. The van der Waals surface area contributed by atoms with Gasteiger partial charge in [0.2, 0.25) is 11.8 Å². The maximum Gasteiger partial charge on any atom is 0.288 e. The number of fused-ring (bicyclic) bond motifs is 1. The summed E-state index contributed by atoms with van der Waals surface area (Å²) in [7, 11) is 0. The van der Waals surface area contributed by atoms with Crippen molar-refractivity contribution < 1.29 is 4.79 Å². The van der Waals surface area contributed by atoms with Crippen molar-refractivity contribution in [2.24, 2.45) is 5.73 Å². The molecule has 1 aliphatic rings. The second-order valence-electron chi connectivity index (χ2n) is 3.70. The van der Waals surface area contributed by atoms with Crippen molar-refractivity contribution in [3.05, 3.63) is 5.82 Å². The number of nitrogens with two attached hydrogens (primary N) is 1. The summed E-state index contributed by atoms with van der Waals surface area (Å²) in [6, 6.07) is 0.601. The van der Waals surface area contributed by atoms with Gasteiger partial charge in [0.1, 0.15) is 0 Å². The first-order chi connectivity index (χ1) is 6.58. The number of nitrogens with zero attached hydrogens (tertiary/aromatic N) is 3. The Hall–Kier alpha value is -1.59. The molecule has 2 rings (SSSR count). The molecular weight excluding hydrogens is 182 g/mol. The molecule has 6 heteroatoms. The van der Waals surface area contributed by atoms with Crippen molar-refractivity contribution in [2.75, 3.05) is 5.32 Å². The van der Waals surface area contributed by atoms with Gasteiger partial charge in [0.05, 0.1) is 6.04 Å². The molecule has 1 aliphatic heterocycles. The summed E-state index contributed by atoms with van der Waals surface area (Å²) < 4.78 is 1.71. The van der Waals surface area contributed by atoms with Crippen LogP contribution in [0.5, 0.6) is 0 Å². The molecule has 6 nitrogen and oxygen atoms in total. The topological polar surface area (TPSA) is 85.8 Å². The number of nitrogens with one attached hydrogen (secondary N) is 1. The van der Waals surface area contributed by atoms with Crippen LogP contribution in [0.2, 0.25) is 0 Å². The quantitative estimate of drug-likeness (QED) is 0.667. The van der Waals surface area contributed by atoms with E-state index >= 15 is 0 Å². The highest BCUT2D eigenvalue weighted by molar-refractivity contribution is 5.89. The third-order valence-electron chi connectivity index (χ3n) is 2.34. The van der Waals surface area contributed by atoms with Crippen LogP contribution in [0.3, 0.4) is 0 Å². The van der Waals surface area contributed by atoms with E-state index in [0.717, 1.165) is 6.42 Å². The molecule has 14 heavy (non-hydrogen) atoms. The second kappa shape index (κ2) is 2.97. The molecule has 1 amide bonds. The fourth-order valence-corrected chi connectivity index (χ4v) is 1.72. The van der Waals surface area contributed by atoms with E-state index in [4.69, 9.17) is 5.73 Å². The average molecular weight is 195 g/mol. The first-order valence-corrected chi connectivity index (χ1v) is 4.61. The van der Waals surface area contributed by atoms with Gasteiger partial charge >= 0.3 is 0 Å². The molecular formula is C8H13N5O. The van der Waals surface area contributed by atoms with E-state index in [1.807, 2.05) is 6.92 Å². The number of amides is 1. The standard InChI is InChI=1S/C8H13N5O/c1-4-3-5(2)13-8(10-4)11-7(12-13)6(9)14/h4-5H,3H2,1-2H3,(H2,9,14)(H,10,11,12). The van der Waals surface area contributed by atoms with Crippen LogP contribution >= 0.6 is 0 Å². The summed E-state index contributed by atoms with van der Waals surface area (Å²) in [4.78, 5) is 14.9. The Morgan fingerprint density at radius 3 is 3.00 bits per heavy atom. The molecule has 0 fully saturated rings. The average Bonchev–Trinajstić information content (AvgIpc) is 2.47. The Labute approximate surface area is 81.5 Å². The molecule has 0 bridgehead atoms. The van der Waals surface area contributed by atoms with Gasteiger partial charge in [-0.15, -0.1) is 5.10 Å². The lowest BCUT2D eigenvalue weighted by atomic mass is 10.1. The minimum Gasteiger partial charge on any atom is -0.363 e. The SMILES string of the molecule is CC1CC(C)n2nc(C(N)=O)nc2N1. The van der Waals surface area contributed by atoms with E-state index in [-0.39, 0.29) is 11.9 Å². The second-order valence-corrected chi connectivity index (χ2v) is 3.70. The Morgan fingerprint density at radius 2 is 2.36 bits per heavy atom. The van der Waals surface area contributed by atoms with Gasteiger partial charge in [0, 0.05) is 6.04 Å². The maximum atomic E-state index is 10.9. The van der Waals surface area contributed by atoms with Crippen LogP contribution in [0.25, 0.3) is 0 Å². The molecule has 0 spiro atoms. The number of anilines is 1. The Bertz CT molecular complexity index is 372. The van der Waals surface area contributed by atoms with Crippen LogP contribution in [-0.2, 0) is 0 Å². The third-order valence-corrected chi connectivity index (χ3v) is 2.34. The molecule has 1 aromatic rings. The zero-order chi connectivity index (χ0) is 10.3. The van der Waals surface area contributed by atoms with E-state index < -0.39 is 5.91 Å². The van der Waals surface area contributed by atoms with Crippen molar-refractivity contribution in [1.82, 2.24) is 14.8 Å². The Balaban J connectivity index is 2.40. The van der Waals surface area contributed by atoms with E-state index in [0.29, 0.717) is 12.0 Å². The van der Waals surface area contributed by atoms with E-state index in [1.54, 1.807) is 4.68 Å².